The summed E-state index contributed by atoms with van der Waals surface area (Å²) in [5.74, 6) is 1.26. The van der Waals surface area contributed by atoms with Gasteiger partial charge in [0.25, 0.3) is 0 Å². The quantitative estimate of drug-likeness (QED) is 0.242. The number of halogens is 2. The number of anilines is 1. The zero-order chi connectivity index (χ0) is 25.9. The van der Waals surface area contributed by atoms with Crippen LogP contribution in [0.15, 0.2) is 83.4 Å². The van der Waals surface area contributed by atoms with Crippen LogP contribution in [0.4, 0.5) is 5.69 Å². The molecule has 9 heteroatoms. The first kappa shape index (κ1) is 25.3. The fraction of sp³-hybridized carbons (Fsp3) is 0.179. The van der Waals surface area contributed by atoms with Gasteiger partial charge >= 0.3 is 0 Å². The van der Waals surface area contributed by atoms with Crippen molar-refractivity contribution in [1.29, 1.82) is 0 Å². The third-order valence-electron chi connectivity index (χ3n) is 6.24. The number of nitrogens with zero attached hydrogens (tertiary/aromatic N) is 2. The molecule has 0 aliphatic carbocycles. The predicted molar refractivity (Wildman–Crippen MR) is 151 cm³/mol. The zero-order valence-electron chi connectivity index (χ0n) is 19.9. The molecule has 6 nitrogen and oxygen atoms in total. The topological polar surface area (TPSA) is 70.4 Å². The second kappa shape index (κ2) is 10.9. The van der Waals surface area contributed by atoms with Crippen molar-refractivity contribution in [3.05, 3.63) is 106 Å². The van der Waals surface area contributed by atoms with Crippen molar-refractivity contribution in [2.24, 2.45) is 0 Å². The summed E-state index contributed by atoms with van der Waals surface area (Å²) in [6, 6.07) is 22.1. The van der Waals surface area contributed by atoms with Crippen LogP contribution < -0.4 is 10.6 Å². The number of hydrogen-bond donors (Lipinski definition) is 2. The van der Waals surface area contributed by atoms with Crippen LogP contribution in [0.25, 0.3) is 11.3 Å². The lowest BCUT2D eigenvalue weighted by atomic mass is 10.0. The molecule has 1 fully saturated rings. The Morgan fingerprint density at radius 2 is 1.89 bits per heavy atom. The second-order valence-corrected chi connectivity index (χ2v) is 10.0. The number of nitrogens with one attached hydrogen (secondary N) is 2. The Morgan fingerprint density at radius 3 is 2.62 bits per heavy atom. The van der Waals surface area contributed by atoms with Crippen LogP contribution >= 0.6 is 35.4 Å². The van der Waals surface area contributed by atoms with Gasteiger partial charge in [-0.1, -0.05) is 47.0 Å². The molecule has 0 radical (unpaired) electrons. The number of thiocarbonyl (C=S) groups is 1. The maximum absolute atomic E-state index is 12.7. The number of carbonyl (C=O) groups excluding carboxylic acids is 1. The SMILES string of the molecule is Cc1ccc(NC(=O)CCN2C(=S)N[C@H](c3ccccn3)[C@H]2c2ccc(-c3ccc(Cl)c(Cl)c3)o2)cc1. The van der Waals surface area contributed by atoms with E-state index in [1.165, 1.54) is 0 Å². The van der Waals surface area contributed by atoms with Gasteiger partial charge < -0.3 is 20.0 Å². The summed E-state index contributed by atoms with van der Waals surface area (Å²) in [5.41, 5.74) is 3.54. The lowest BCUT2D eigenvalue weighted by molar-refractivity contribution is -0.116. The van der Waals surface area contributed by atoms with Crippen molar-refractivity contribution in [2.45, 2.75) is 25.4 Å². The maximum Gasteiger partial charge on any atom is 0.226 e. The Kier molecular flexibility index (Phi) is 7.46. The monoisotopic (exact) mass is 550 g/mol. The molecule has 1 saturated heterocycles. The molecule has 0 bridgehead atoms. The van der Waals surface area contributed by atoms with Crippen molar-refractivity contribution in [1.82, 2.24) is 15.2 Å². The number of furan rings is 1. The number of aromatic nitrogens is 1. The summed E-state index contributed by atoms with van der Waals surface area (Å²) in [6.45, 7) is 2.41. The molecule has 2 aromatic heterocycles. The average molecular weight is 551 g/mol. The van der Waals surface area contributed by atoms with E-state index in [1.54, 1.807) is 18.3 Å². The normalized spacial score (nSPS) is 17.1. The van der Waals surface area contributed by atoms with E-state index in [2.05, 4.69) is 15.6 Å². The Hall–Kier alpha value is -3.39. The fourth-order valence-corrected chi connectivity index (χ4v) is 4.98. The summed E-state index contributed by atoms with van der Waals surface area (Å²) >= 11 is 18.0. The lowest BCUT2D eigenvalue weighted by Crippen LogP contribution is -2.32. The highest BCUT2D eigenvalue weighted by Gasteiger charge is 2.41. The summed E-state index contributed by atoms with van der Waals surface area (Å²) in [4.78, 5) is 19.3. The number of rotatable bonds is 7. The van der Waals surface area contributed by atoms with E-state index >= 15 is 0 Å². The minimum absolute atomic E-state index is 0.0948. The van der Waals surface area contributed by atoms with Crippen LogP contribution in [0.2, 0.25) is 10.0 Å². The highest BCUT2D eigenvalue weighted by atomic mass is 35.5. The van der Waals surface area contributed by atoms with Gasteiger partial charge in [-0.3, -0.25) is 9.78 Å². The van der Waals surface area contributed by atoms with Gasteiger partial charge in [-0.05, 0) is 73.7 Å². The van der Waals surface area contributed by atoms with Crippen LogP contribution in [-0.2, 0) is 4.79 Å². The minimum atomic E-state index is -0.300. The molecule has 1 amide bonds. The van der Waals surface area contributed by atoms with Crippen molar-refractivity contribution in [3.8, 4) is 11.3 Å². The summed E-state index contributed by atoms with van der Waals surface area (Å²) in [6.07, 6.45) is 2.00. The van der Waals surface area contributed by atoms with Gasteiger partial charge in [0.1, 0.15) is 17.6 Å². The van der Waals surface area contributed by atoms with E-state index in [1.807, 2.05) is 72.5 Å². The van der Waals surface area contributed by atoms with E-state index in [0.29, 0.717) is 33.2 Å². The van der Waals surface area contributed by atoms with Crippen LogP contribution in [0, 0.1) is 6.92 Å². The van der Waals surface area contributed by atoms with Gasteiger partial charge in [0.05, 0.1) is 21.8 Å². The Morgan fingerprint density at radius 1 is 1.08 bits per heavy atom. The second-order valence-electron chi connectivity index (χ2n) is 8.82. The molecule has 2 aromatic carbocycles. The molecule has 2 atom stereocenters. The molecule has 5 rings (SSSR count). The fourth-order valence-electron chi connectivity index (χ4n) is 4.35. The predicted octanol–water partition coefficient (Wildman–Crippen LogP) is 6.96. The zero-order valence-corrected chi connectivity index (χ0v) is 22.3. The molecular formula is C28H24Cl2N4O2S. The van der Waals surface area contributed by atoms with Crippen molar-refractivity contribution < 1.29 is 9.21 Å². The van der Waals surface area contributed by atoms with E-state index < -0.39 is 0 Å². The molecule has 0 unspecified atom stereocenters. The highest BCUT2D eigenvalue weighted by Crippen LogP contribution is 2.41. The molecule has 188 valence electrons. The highest BCUT2D eigenvalue weighted by molar-refractivity contribution is 7.80. The van der Waals surface area contributed by atoms with Gasteiger partial charge in [0, 0.05) is 30.4 Å². The molecule has 0 saturated carbocycles. The van der Waals surface area contributed by atoms with Gasteiger partial charge in [-0.15, -0.1) is 0 Å². The molecule has 1 aliphatic heterocycles. The van der Waals surface area contributed by atoms with Crippen LogP contribution in [0.5, 0.6) is 0 Å². The Labute approximate surface area is 230 Å². The Balaban J connectivity index is 1.40. The molecule has 3 heterocycles. The first-order valence-corrected chi connectivity index (χ1v) is 13.0. The minimum Gasteiger partial charge on any atom is -0.459 e. The number of hydrogen-bond acceptors (Lipinski definition) is 4. The van der Waals surface area contributed by atoms with Gasteiger partial charge in [0.15, 0.2) is 5.11 Å². The molecule has 0 spiro atoms. The summed E-state index contributed by atoms with van der Waals surface area (Å²) in [5, 5.41) is 7.80. The van der Waals surface area contributed by atoms with Crippen LogP contribution in [0.1, 0.15) is 35.5 Å². The lowest BCUT2D eigenvalue weighted by Gasteiger charge is -2.25. The third kappa shape index (κ3) is 5.64. The standard InChI is InChI=1S/C28H24Cl2N4O2S/c1-17-5-8-19(9-6-17)32-25(35)13-15-34-27(26(33-28(34)37)22-4-2-3-14-31-22)24-12-11-23(36-24)18-7-10-20(29)21(30)16-18/h2-12,14,16,26-27H,13,15H2,1H3,(H,32,35)(H,33,37)/t26-,27-/m1/s1. The molecule has 2 N–H and O–H groups in total. The van der Waals surface area contributed by atoms with E-state index in [-0.39, 0.29) is 24.4 Å². The van der Waals surface area contributed by atoms with E-state index in [9.17, 15) is 4.79 Å². The number of pyridine rings is 1. The van der Waals surface area contributed by atoms with Crippen molar-refractivity contribution >= 4 is 52.1 Å². The molecule has 37 heavy (non-hydrogen) atoms. The average Bonchev–Trinajstić information content (AvgIpc) is 3.51. The van der Waals surface area contributed by atoms with Crippen LogP contribution in [0.3, 0.4) is 0 Å². The van der Waals surface area contributed by atoms with Gasteiger partial charge in [-0.2, -0.15) is 0 Å². The van der Waals surface area contributed by atoms with Gasteiger partial charge in [0.2, 0.25) is 5.91 Å². The molecular weight excluding hydrogens is 527 g/mol. The number of aryl methyl sites for hydroxylation is 1. The van der Waals surface area contributed by atoms with Crippen molar-refractivity contribution in [2.75, 3.05) is 11.9 Å². The summed E-state index contributed by atoms with van der Waals surface area (Å²) < 4.78 is 6.32. The first-order chi connectivity index (χ1) is 17.9. The van der Waals surface area contributed by atoms with E-state index in [0.717, 1.165) is 22.5 Å². The van der Waals surface area contributed by atoms with Crippen molar-refractivity contribution in [3.63, 3.8) is 0 Å². The number of benzene rings is 2. The third-order valence-corrected chi connectivity index (χ3v) is 7.33. The molecule has 1 aliphatic rings. The summed E-state index contributed by atoms with van der Waals surface area (Å²) in [7, 11) is 0. The number of carbonyl (C=O) groups is 1. The Bertz CT molecular complexity index is 1430. The number of amides is 1. The van der Waals surface area contributed by atoms with Crippen LogP contribution in [-0.4, -0.2) is 27.4 Å². The maximum atomic E-state index is 12.7. The first-order valence-electron chi connectivity index (χ1n) is 11.8. The largest absolute Gasteiger partial charge is 0.459 e. The molecule has 4 aromatic rings. The smallest absolute Gasteiger partial charge is 0.226 e. The van der Waals surface area contributed by atoms with Gasteiger partial charge in [-0.25, -0.2) is 0 Å². The van der Waals surface area contributed by atoms with E-state index in [4.69, 9.17) is 39.8 Å².